The summed E-state index contributed by atoms with van der Waals surface area (Å²) in [4.78, 5) is 0. The zero-order valence-corrected chi connectivity index (χ0v) is 10.4. The number of aliphatic hydroxyl groups is 1. The van der Waals surface area contributed by atoms with Crippen LogP contribution < -0.4 is 14.8 Å². The van der Waals surface area contributed by atoms with E-state index in [0.29, 0.717) is 13.3 Å². The number of hydrogen-bond donors (Lipinski definition) is 2. The predicted octanol–water partition coefficient (Wildman–Crippen LogP) is 1.81. The highest BCUT2D eigenvalue weighted by Crippen LogP contribution is 2.35. The van der Waals surface area contributed by atoms with E-state index in [0.717, 1.165) is 36.3 Å². The van der Waals surface area contributed by atoms with Crippen LogP contribution >= 0.6 is 0 Å². The van der Waals surface area contributed by atoms with Crippen molar-refractivity contribution in [2.45, 2.75) is 44.4 Å². The molecule has 2 N–H and O–H groups in total. The maximum Gasteiger partial charge on any atom is 0.231 e. The monoisotopic (exact) mass is 249 g/mol. The molecular weight excluding hydrogens is 230 g/mol. The van der Waals surface area contributed by atoms with Crippen LogP contribution in [0.15, 0.2) is 18.2 Å². The van der Waals surface area contributed by atoms with Crippen LogP contribution in [0.4, 0.5) is 0 Å². The number of fused-ring (bicyclic) bond motifs is 1. The number of para-hydroxylation sites is 1. The number of aliphatic hydroxyl groups excluding tert-OH is 1. The molecule has 1 aliphatic carbocycles. The van der Waals surface area contributed by atoms with E-state index in [1.54, 1.807) is 0 Å². The zero-order chi connectivity index (χ0) is 12.4. The summed E-state index contributed by atoms with van der Waals surface area (Å²) in [5.74, 6) is 1.66. The van der Waals surface area contributed by atoms with Crippen LogP contribution in [0, 0.1) is 0 Å². The van der Waals surface area contributed by atoms with Crippen molar-refractivity contribution in [2.75, 3.05) is 6.79 Å². The van der Waals surface area contributed by atoms with Crippen molar-refractivity contribution in [3.63, 3.8) is 0 Å². The Kier molecular flexibility index (Phi) is 3.39. The summed E-state index contributed by atoms with van der Waals surface area (Å²) in [6.07, 6.45) is 4.07. The second-order valence-corrected chi connectivity index (χ2v) is 4.99. The molecule has 0 aromatic heterocycles. The highest BCUT2D eigenvalue weighted by Gasteiger charge is 2.23. The van der Waals surface area contributed by atoms with Crippen molar-refractivity contribution in [2.24, 2.45) is 0 Å². The van der Waals surface area contributed by atoms with Gasteiger partial charge in [-0.05, 0) is 18.9 Å². The second kappa shape index (κ2) is 5.16. The minimum atomic E-state index is -0.215. The first kappa shape index (κ1) is 11.8. The fourth-order valence-electron chi connectivity index (χ4n) is 2.72. The smallest absolute Gasteiger partial charge is 0.231 e. The van der Waals surface area contributed by atoms with Crippen LogP contribution in [0.5, 0.6) is 11.5 Å². The van der Waals surface area contributed by atoms with Gasteiger partial charge < -0.3 is 19.9 Å². The Hall–Kier alpha value is -1.26. The molecule has 0 bridgehead atoms. The van der Waals surface area contributed by atoms with Crippen LogP contribution in [-0.4, -0.2) is 24.0 Å². The molecule has 2 atom stereocenters. The van der Waals surface area contributed by atoms with Gasteiger partial charge in [0.15, 0.2) is 11.5 Å². The van der Waals surface area contributed by atoms with Crippen molar-refractivity contribution >= 4 is 0 Å². The van der Waals surface area contributed by atoms with Gasteiger partial charge in [-0.25, -0.2) is 0 Å². The van der Waals surface area contributed by atoms with Gasteiger partial charge in [-0.2, -0.15) is 0 Å². The molecule has 0 spiro atoms. The van der Waals surface area contributed by atoms with Gasteiger partial charge in [0.05, 0.1) is 6.10 Å². The van der Waals surface area contributed by atoms with Gasteiger partial charge in [0.2, 0.25) is 6.79 Å². The fourth-order valence-corrected chi connectivity index (χ4v) is 2.72. The molecule has 0 unspecified atom stereocenters. The highest BCUT2D eigenvalue weighted by atomic mass is 16.7. The lowest BCUT2D eigenvalue weighted by molar-refractivity contribution is 0.0900. The van der Waals surface area contributed by atoms with Gasteiger partial charge in [0, 0.05) is 18.2 Å². The van der Waals surface area contributed by atoms with Crippen LogP contribution in [0.25, 0.3) is 0 Å². The van der Waals surface area contributed by atoms with E-state index in [1.165, 1.54) is 6.42 Å². The molecule has 1 saturated carbocycles. The minimum Gasteiger partial charge on any atom is -0.454 e. The number of ether oxygens (including phenoxy) is 2. The Morgan fingerprint density at radius 3 is 3.00 bits per heavy atom. The molecule has 1 aliphatic heterocycles. The fraction of sp³-hybridized carbons (Fsp3) is 0.571. The SMILES string of the molecule is O[C@@H]1CCCC[C@@H]1NCc1cccc2c1OCO2. The first-order valence-electron chi connectivity index (χ1n) is 6.63. The molecule has 2 aliphatic rings. The topological polar surface area (TPSA) is 50.7 Å². The van der Waals surface area contributed by atoms with Crippen molar-refractivity contribution in [3.05, 3.63) is 23.8 Å². The first-order chi connectivity index (χ1) is 8.84. The van der Waals surface area contributed by atoms with Gasteiger partial charge in [0.25, 0.3) is 0 Å². The van der Waals surface area contributed by atoms with E-state index in [1.807, 2.05) is 18.2 Å². The molecule has 0 radical (unpaired) electrons. The van der Waals surface area contributed by atoms with E-state index in [4.69, 9.17) is 9.47 Å². The summed E-state index contributed by atoms with van der Waals surface area (Å²) in [6, 6.07) is 6.13. The zero-order valence-electron chi connectivity index (χ0n) is 10.4. The molecule has 0 amide bonds. The van der Waals surface area contributed by atoms with Crippen molar-refractivity contribution in [3.8, 4) is 11.5 Å². The summed E-state index contributed by atoms with van der Waals surface area (Å²) < 4.78 is 10.8. The molecule has 4 nitrogen and oxygen atoms in total. The predicted molar refractivity (Wildman–Crippen MR) is 67.7 cm³/mol. The maximum atomic E-state index is 9.92. The van der Waals surface area contributed by atoms with Crippen molar-refractivity contribution in [1.82, 2.24) is 5.32 Å². The lowest BCUT2D eigenvalue weighted by Crippen LogP contribution is -2.41. The lowest BCUT2D eigenvalue weighted by Gasteiger charge is -2.28. The van der Waals surface area contributed by atoms with Gasteiger partial charge >= 0.3 is 0 Å². The lowest BCUT2D eigenvalue weighted by atomic mass is 9.92. The minimum absolute atomic E-state index is 0.205. The number of hydrogen-bond acceptors (Lipinski definition) is 4. The molecule has 0 saturated heterocycles. The Balaban J connectivity index is 1.65. The largest absolute Gasteiger partial charge is 0.454 e. The Morgan fingerprint density at radius 1 is 1.22 bits per heavy atom. The normalized spacial score (nSPS) is 26.3. The van der Waals surface area contributed by atoms with Crippen LogP contribution in [0.3, 0.4) is 0 Å². The molecule has 98 valence electrons. The Bertz CT molecular complexity index is 422. The summed E-state index contributed by atoms with van der Waals surface area (Å²) in [5.41, 5.74) is 1.10. The molecule has 3 rings (SSSR count). The number of nitrogens with one attached hydrogen (secondary N) is 1. The summed E-state index contributed by atoms with van der Waals surface area (Å²) >= 11 is 0. The van der Waals surface area contributed by atoms with Crippen LogP contribution in [-0.2, 0) is 6.54 Å². The highest BCUT2D eigenvalue weighted by molar-refractivity contribution is 5.48. The molecule has 18 heavy (non-hydrogen) atoms. The Morgan fingerprint density at radius 2 is 2.11 bits per heavy atom. The van der Waals surface area contributed by atoms with Gasteiger partial charge in [-0.1, -0.05) is 25.0 Å². The molecule has 4 heteroatoms. The molecular formula is C14H19NO3. The molecule has 1 fully saturated rings. The third-order valence-electron chi connectivity index (χ3n) is 3.76. The van der Waals surface area contributed by atoms with E-state index in [2.05, 4.69) is 5.32 Å². The maximum absolute atomic E-state index is 9.92. The van der Waals surface area contributed by atoms with E-state index < -0.39 is 0 Å². The third-order valence-corrected chi connectivity index (χ3v) is 3.76. The van der Waals surface area contributed by atoms with E-state index in [-0.39, 0.29) is 12.1 Å². The van der Waals surface area contributed by atoms with E-state index in [9.17, 15) is 5.11 Å². The van der Waals surface area contributed by atoms with Gasteiger partial charge in [-0.3, -0.25) is 0 Å². The molecule has 1 aromatic rings. The van der Waals surface area contributed by atoms with Crippen LogP contribution in [0.2, 0.25) is 0 Å². The van der Waals surface area contributed by atoms with Crippen molar-refractivity contribution in [1.29, 1.82) is 0 Å². The summed E-state index contributed by atoms with van der Waals surface area (Å²) in [5, 5.41) is 13.4. The standard InChI is InChI=1S/C14H19NO3/c16-12-6-2-1-5-11(12)15-8-10-4-3-7-13-14(10)18-9-17-13/h3-4,7,11-12,15-16H,1-2,5-6,8-9H2/t11-,12+/m0/s1. The number of benzene rings is 1. The van der Waals surface area contributed by atoms with E-state index >= 15 is 0 Å². The van der Waals surface area contributed by atoms with Gasteiger partial charge in [-0.15, -0.1) is 0 Å². The molecule has 1 heterocycles. The number of rotatable bonds is 3. The summed E-state index contributed by atoms with van der Waals surface area (Å²) in [6.45, 7) is 1.02. The quantitative estimate of drug-likeness (QED) is 0.857. The van der Waals surface area contributed by atoms with Gasteiger partial charge in [0.1, 0.15) is 0 Å². The second-order valence-electron chi connectivity index (χ2n) is 4.99. The third kappa shape index (κ3) is 2.31. The average molecular weight is 249 g/mol. The first-order valence-corrected chi connectivity index (χ1v) is 6.63. The average Bonchev–Trinajstić information content (AvgIpc) is 2.86. The van der Waals surface area contributed by atoms with Crippen LogP contribution in [0.1, 0.15) is 31.2 Å². The van der Waals surface area contributed by atoms with Crippen molar-refractivity contribution < 1.29 is 14.6 Å². The summed E-state index contributed by atoms with van der Waals surface area (Å²) in [7, 11) is 0. The Labute approximate surface area is 107 Å². The molecule has 1 aromatic carbocycles.